The highest BCUT2D eigenvalue weighted by Crippen LogP contribution is 2.10. The van der Waals surface area contributed by atoms with Crippen LogP contribution in [0.15, 0.2) is 73.1 Å². The van der Waals surface area contributed by atoms with Crippen molar-refractivity contribution in [2.45, 2.75) is 6.54 Å². The van der Waals surface area contributed by atoms with Crippen LogP contribution in [0.3, 0.4) is 0 Å². The molecule has 0 saturated heterocycles. The van der Waals surface area contributed by atoms with E-state index in [9.17, 15) is 4.79 Å². The zero-order valence-electron chi connectivity index (χ0n) is 11.4. The molecule has 0 bridgehead atoms. The molecule has 2 aromatic carbocycles. The Labute approximate surface area is 123 Å². The van der Waals surface area contributed by atoms with Crippen LogP contribution in [0.4, 0.5) is 0 Å². The van der Waals surface area contributed by atoms with E-state index in [1.807, 2.05) is 60.8 Å². The lowest BCUT2D eigenvalue weighted by Crippen LogP contribution is -2.22. The third-order valence-corrected chi connectivity index (χ3v) is 3.17. The first-order valence-electron chi connectivity index (χ1n) is 6.75. The summed E-state index contributed by atoms with van der Waals surface area (Å²) < 4.78 is 1.73. The van der Waals surface area contributed by atoms with Crippen LogP contribution < -0.4 is 5.32 Å². The number of benzene rings is 2. The molecule has 3 aromatic rings. The summed E-state index contributed by atoms with van der Waals surface area (Å²) in [5, 5.41) is 7.08. The zero-order valence-corrected chi connectivity index (χ0v) is 11.4. The average molecular weight is 277 g/mol. The lowest BCUT2D eigenvalue weighted by molar-refractivity contribution is 0.0951. The van der Waals surface area contributed by atoms with Gasteiger partial charge in [-0.15, -0.1) is 0 Å². The van der Waals surface area contributed by atoms with Crippen LogP contribution in [0, 0.1) is 0 Å². The predicted molar refractivity (Wildman–Crippen MR) is 81.2 cm³/mol. The average Bonchev–Trinajstić information content (AvgIpc) is 3.08. The molecule has 4 heteroatoms. The molecular weight excluding hydrogens is 262 g/mol. The summed E-state index contributed by atoms with van der Waals surface area (Å²) in [5.74, 6) is -0.0899. The van der Waals surface area contributed by atoms with Gasteiger partial charge in [0.15, 0.2) is 0 Å². The summed E-state index contributed by atoms with van der Waals surface area (Å²) in [5.41, 5.74) is 2.57. The number of hydrogen-bond acceptors (Lipinski definition) is 2. The fourth-order valence-electron chi connectivity index (χ4n) is 2.09. The Morgan fingerprint density at radius 1 is 1.05 bits per heavy atom. The topological polar surface area (TPSA) is 46.9 Å². The summed E-state index contributed by atoms with van der Waals surface area (Å²) in [4.78, 5) is 12.2. The van der Waals surface area contributed by atoms with Gasteiger partial charge in [-0.2, -0.15) is 5.10 Å². The van der Waals surface area contributed by atoms with Crippen LogP contribution in [-0.2, 0) is 6.54 Å². The number of hydrogen-bond donors (Lipinski definition) is 1. The molecule has 0 aliphatic carbocycles. The van der Waals surface area contributed by atoms with Gasteiger partial charge in [-0.1, -0.05) is 36.4 Å². The molecule has 21 heavy (non-hydrogen) atoms. The van der Waals surface area contributed by atoms with Crippen molar-refractivity contribution in [1.82, 2.24) is 15.1 Å². The number of amides is 1. The molecule has 3 rings (SSSR count). The van der Waals surface area contributed by atoms with Gasteiger partial charge in [-0.3, -0.25) is 4.79 Å². The molecule has 1 amide bonds. The lowest BCUT2D eigenvalue weighted by atomic mass is 10.1. The Morgan fingerprint density at radius 3 is 2.67 bits per heavy atom. The van der Waals surface area contributed by atoms with E-state index in [1.54, 1.807) is 16.9 Å². The van der Waals surface area contributed by atoms with Crippen molar-refractivity contribution in [3.05, 3.63) is 84.2 Å². The molecule has 1 N–H and O–H groups in total. The highest BCUT2D eigenvalue weighted by Gasteiger charge is 2.06. The van der Waals surface area contributed by atoms with Crippen LogP contribution in [0.5, 0.6) is 0 Å². The predicted octanol–water partition coefficient (Wildman–Crippen LogP) is 2.80. The van der Waals surface area contributed by atoms with Crippen LogP contribution in [0.2, 0.25) is 0 Å². The SMILES string of the molecule is O=C(NCc1ccccc1)c1cccc(-n2cccn2)c1. The van der Waals surface area contributed by atoms with Crippen molar-refractivity contribution in [3.63, 3.8) is 0 Å². The van der Waals surface area contributed by atoms with Crippen LogP contribution in [0.25, 0.3) is 5.69 Å². The summed E-state index contributed by atoms with van der Waals surface area (Å²) in [6.07, 6.45) is 3.56. The van der Waals surface area contributed by atoms with Crippen LogP contribution in [0.1, 0.15) is 15.9 Å². The third-order valence-electron chi connectivity index (χ3n) is 3.17. The van der Waals surface area contributed by atoms with Gasteiger partial charge in [0.25, 0.3) is 5.91 Å². The summed E-state index contributed by atoms with van der Waals surface area (Å²) >= 11 is 0. The molecule has 1 heterocycles. The molecule has 0 fully saturated rings. The third kappa shape index (κ3) is 3.17. The first-order valence-corrected chi connectivity index (χ1v) is 6.75. The van der Waals surface area contributed by atoms with Gasteiger partial charge >= 0.3 is 0 Å². The van der Waals surface area contributed by atoms with E-state index >= 15 is 0 Å². The summed E-state index contributed by atoms with van der Waals surface area (Å²) in [6, 6.07) is 19.1. The van der Waals surface area contributed by atoms with Crippen LogP contribution in [-0.4, -0.2) is 15.7 Å². The van der Waals surface area contributed by atoms with Gasteiger partial charge in [0.05, 0.1) is 5.69 Å². The van der Waals surface area contributed by atoms with Crippen molar-refractivity contribution in [1.29, 1.82) is 0 Å². The molecule has 0 atom stereocenters. The molecule has 1 aromatic heterocycles. The number of carbonyl (C=O) groups is 1. The number of carbonyl (C=O) groups excluding carboxylic acids is 1. The number of nitrogens with zero attached hydrogens (tertiary/aromatic N) is 2. The molecule has 0 unspecified atom stereocenters. The second-order valence-electron chi connectivity index (χ2n) is 4.67. The minimum Gasteiger partial charge on any atom is -0.348 e. The zero-order chi connectivity index (χ0) is 14.5. The van der Waals surface area contributed by atoms with Crippen molar-refractivity contribution >= 4 is 5.91 Å². The van der Waals surface area contributed by atoms with E-state index in [2.05, 4.69) is 10.4 Å². The van der Waals surface area contributed by atoms with Crippen molar-refractivity contribution in [2.75, 3.05) is 0 Å². The monoisotopic (exact) mass is 277 g/mol. The fourth-order valence-corrected chi connectivity index (χ4v) is 2.09. The second-order valence-corrected chi connectivity index (χ2v) is 4.67. The number of rotatable bonds is 4. The first kappa shape index (κ1) is 13.1. The number of aromatic nitrogens is 2. The molecule has 0 saturated carbocycles. The van der Waals surface area contributed by atoms with Gasteiger partial charge in [0.2, 0.25) is 0 Å². The van der Waals surface area contributed by atoms with Gasteiger partial charge in [-0.25, -0.2) is 4.68 Å². The second kappa shape index (κ2) is 6.05. The van der Waals surface area contributed by atoms with Gasteiger partial charge in [0, 0.05) is 24.5 Å². The van der Waals surface area contributed by atoms with Crippen molar-refractivity contribution in [3.8, 4) is 5.69 Å². The minimum atomic E-state index is -0.0899. The Kier molecular flexibility index (Phi) is 3.78. The van der Waals surface area contributed by atoms with E-state index in [1.165, 1.54) is 0 Å². The largest absolute Gasteiger partial charge is 0.348 e. The smallest absolute Gasteiger partial charge is 0.251 e. The first-order chi connectivity index (χ1) is 10.3. The Morgan fingerprint density at radius 2 is 1.90 bits per heavy atom. The molecule has 0 aliphatic heterocycles. The van der Waals surface area contributed by atoms with E-state index < -0.39 is 0 Å². The number of nitrogens with one attached hydrogen (secondary N) is 1. The minimum absolute atomic E-state index is 0.0899. The maximum absolute atomic E-state index is 12.2. The van der Waals surface area contributed by atoms with Gasteiger partial charge in [-0.05, 0) is 29.8 Å². The Bertz CT molecular complexity index is 721. The Balaban J connectivity index is 1.72. The molecule has 0 aliphatic rings. The normalized spacial score (nSPS) is 10.3. The van der Waals surface area contributed by atoms with Gasteiger partial charge < -0.3 is 5.32 Å². The van der Waals surface area contributed by atoms with Crippen molar-refractivity contribution < 1.29 is 4.79 Å². The molecule has 0 spiro atoms. The highest BCUT2D eigenvalue weighted by molar-refractivity contribution is 5.94. The maximum atomic E-state index is 12.2. The molecule has 104 valence electrons. The lowest BCUT2D eigenvalue weighted by Gasteiger charge is -2.07. The van der Waals surface area contributed by atoms with Crippen LogP contribution >= 0.6 is 0 Å². The Hall–Kier alpha value is -2.88. The highest BCUT2D eigenvalue weighted by atomic mass is 16.1. The molecule has 4 nitrogen and oxygen atoms in total. The van der Waals surface area contributed by atoms with E-state index in [4.69, 9.17) is 0 Å². The molecular formula is C17H15N3O. The van der Waals surface area contributed by atoms with Crippen molar-refractivity contribution in [2.24, 2.45) is 0 Å². The molecule has 0 radical (unpaired) electrons. The summed E-state index contributed by atoms with van der Waals surface area (Å²) in [6.45, 7) is 0.520. The quantitative estimate of drug-likeness (QED) is 0.797. The van der Waals surface area contributed by atoms with E-state index in [0.29, 0.717) is 12.1 Å². The maximum Gasteiger partial charge on any atom is 0.251 e. The standard InChI is InChI=1S/C17H15N3O/c21-17(18-13-14-6-2-1-3-7-14)15-8-4-9-16(12-15)20-11-5-10-19-20/h1-12H,13H2,(H,18,21). The summed E-state index contributed by atoms with van der Waals surface area (Å²) in [7, 11) is 0. The van der Waals surface area contributed by atoms with Gasteiger partial charge in [0.1, 0.15) is 0 Å². The van der Waals surface area contributed by atoms with E-state index in [0.717, 1.165) is 11.3 Å². The van der Waals surface area contributed by atoms with E-state index in [-0.39, 0.29) is 5.91 Å². The fraction of sp³-hybridized carbons (Fsp3) is 0.0588.